The fraction of sp³-hybridized carbons (Fsp3) is 0.478. The summed E-state index contributed by atoms with van der Waals surface area (Å²) < 4.78 is 5.41. The Morgan fingerprint density at radius 3 is 2.67 bits per heavy atom. The SMILES string of the molecule is CC(C)(C)OC(=O)N1CCC[C@H]1C(=O)N[C@H](Cc1c[nH]c2ccccc12)C(=O)NCC(=O)O. The highest BCUT2D eigenvalue weighted by Crippen LogP contribution is 2.22. The number of carboxylic acids is 1. The Bertz CT molecular complexity index is 1040. The predicted octanol–water partition coefficient (Wildman–Crippen LogP) is 1.80. The van der Waals surface area contributed by atoms with Gasteiger partial charge in [0.2, 0.25) is 11.8 Å². The van der Waals surface area contributed by atoms with Gasteiger partial charge in [-0.1, -0.05) is 18.2 Å². The number of aromatic nitrogens is 1. The highest BCUT2D eigenvalue weighted by molar-refractivity contribution is 5.93. The van der Waals surface area contributed by atoms with Crippen LogP contribution in [0.3, 0.4) is 0 Å². The molecule has 1 saturated heterocycles. The van der Waals surface area contributed by atoms with Crippen molar-refractivity contribution < 1.29 is 29.0 Å². The number of aliphatic carboxylic acids is 1. The van der Waals surface area contributed by atoms with Crippen molar-refractivity contribution in [1.82, 2.24) is 20.5 Å². The third-order valence-corrected chi connectivity index (χ3v) is 5.33. The fourth-order valence-corrected chi connectivity index (χ4v) is 3.86. The summed E-state index contributed by atoms with van der Waals surface area (Å²) in [7, 11) is 0. The van der Waals surface area contributed by atoms with Gasteiger partial charge >= 0.3 is 12.1 Å². The molecule has 1 aliphatic heterocycles. The third kappa shape index (κ3) is 6.24. The number of carbonyl (C=O) groups is 4. The van der Waals surface area contributed by atoms with Gasteiger partial charge in [-0.05, 0) is 45.2 Å². The lowest BCUT2D eigenvalue weighted by atomic mass is 10.0. The van der Waals surface area contributed by atoms with E-state index in [9.17, 15) is 19.2 Å². The van der Waals surface area contributed by atoms with Gasteiger partial charge in [0.25, 0.3) is 0 Å². The van der Waals surface area contributed by atoms with Crippen LogP contribution in [-0.4, -0.2) is 69.6 Å². The van der Waals surface area contributed by atoms with Crippen molar-refractivity contribution in [2.24, 2.45) is 0 Å². The first kappa shape index (κ1) is 24.1. The molecule has 2 atom stereocenters. The van der Waals surface area contributed by atoms with Gasteiger partial charge in [0.15, 0.2) is 0 Å². The van der Waals surface area contributed by atoms with Crippen LogP contribution in [0.5, 0.6) is 0 Å². The molecule has 0 radical (unpaired) electrons. The van der Waals surface area contributed by atoms with Crippen molar-refractivity contribution in [2.75, 3.05) is 13.1 Å². The number of hydrogen-bond donors (Lipinski definition) is 4. The van der Waals surface area contributed by atoms with E-state index >= 15 is 0 Å². The van der Waals surface area contributed by atoms with E-state index in [0.717, 1.165) is 16.5 Å². The lowest BCUT2D eigenvalue weighted by molar-refractivity contribution is -0.138. The molecule has 1 aromatic carbocycles. The molecule has 0 spiro atoms. The van der Waals surface area contributed by atoms with Crippen LogP contribution in [0.1, 0.15) is 39.2 Å². The van der Waals surface area contributed by atoms with Crippen molar-refractivity contribution in [1.29, 1.82) is 0 Å². The van der Waals surface area contributed by atoms with Crippen LogP contribution in [0.4, 0.5) is 4.79 Å². The molecule has 0 bridgehead atoms. The van der Waals surface area contributed by atoms with E-state index in [0.29, 0.717) is 19.4 Å². The number of benzene rings is 1. The maximum Gasteiger partial charge on any atom is 0.410 e. The normalized spacial score (nSPS) is 16.9. The summed E-state index contributed by atoms with van der Waals surface area (Å²) in [6.45, 7) is 5.07. The molecule has 0 aliphatic carbocycles. The smallest absolute Gasteiger partial charge is 0.410 e. The largest absolute Gasteiger partial charge is 0.480 e. The maximum absolute atomic E-state index is 13.1. The summed E-state index contributed by atoms with van der Waals surface area (Å²) in [6.07, 6.45) is 2.41. The van der Waals surface area contributed by atoms with Crippen molar-refractivity contribution in [3.05, 3.63) is 36.0 Å². The van der Waals surface area contributed by atoms with E-state index in [1.165, 1.54) is 4.90 Å². The Morgan fingerprint density at radius 1 is 1.24 bits per heavy atom. The van der Waals surface area contributed by atoms with Gasteiger partial charge in [-0.3, -0.25) is 19.3 Å². The van der Waals surface area contributed by atoms with E-state index < -0.39 is 48.1 Å². The minimum absolute atomic E-state index is 0.153. The van der Waals surface area contributed by atoms with Crippen LogP contribution in [0.2, 0.25) is 0 Å². The number of rotatable bonds is 7. The molecular formula is C23H30N4O6. The second kappa shape index (κ2) is 9.93. The van der Waals surface area contributed by atoms with Crippen LogP contribution >= 0.6 is 0 Å². The number of aromatic amines is 1. The number of para-hydroxylation sites is 1. The van der Waals surface area contributed by atoms with E-state index in [1.54, 1.807) is 27.0 Å². The lowest BCUT2D eigenvalue weighted by Crippen LogP contribution is -2.54. The van der Waals surface area contributed by atoms with E-state index in [4.69, 9.17) is 9.84 Å². The Balaban J connectivity index is 1.77. The number of nitrogens with one attached hydrogen (secondary N) is 3. The number of nitrogens with zero attached hydrogens (tertiary/aromatic N) is 1. The number of carbonyl (C=O) groups excluding carboxylic acids is 3. The lowest BCUT2D eigenvalue weighted by Gasteiger charge is -2.29. The van der Waals surface area contributed by atoms with Crippen molar-refractivity contribution in [3.63, 3.8) is 0 Å². The number of ether oxygens (including phenoxy) is 1. The molecule has 0 unspecified atom stereocenters. The first-order valence-electron chi connectivity index (χ1n) is 10.9. The zero-order valence-corrected chi connectivity index (χ0v) is 19.0. The first-order valence-corrected chi connectivity index (χ1v) is 10.9. The van der Waals surface area contributed by atoms with Gasteiger partial charge in [-0.15, -0.1) is 0 Å². The van der Waals surface area contributed by atoms with Gasteiger partial charge in [-0.25, -0.2) is 4.79 Å². The standard InChI is InChI=1S/C23H30N4O6/c1-23(2,3)33-22(32)27-10-6-9-18(27)21(31)26-17(20(30)25-13-19(28)29)11-14-12-24-16-8-5-4-7-15(14)16/h4-5,7-8,12,17-18,24H,6,9-11,13H2,1-3H3,(H,25,30)(H,26,31)(H,28,29)/t17-,18+/m1/s1. The topological polar surface area (TPSA) is 141 Å². The van der Waals surface area contributed by atoms with Crippen LogP contribution in [0, 0.1) is 0 Å². The second-order valence-electron chi connectivity index (χ2n) is 9.07. The Hall–Kier alpha value is -3.56. The second-order valence-corrected chi connectivity index (χ2v) is 9.07. The molecule has 4 N–H and O–H groups in total. The highest BCUT2D eigenvalue weighted by Gasteiger charge is 2.38. The van der Waals surface area contributed by atoms with E-state index in [1.807, 2.05) is 24.3 Å². The van der Waals surface area contributed by atoms with Crippen molar-refractivity contribution >= 4 is 34.8 Å². The zero-order chi connectivity index (χ0) is 24.2. The maximum atomic E-state index is 13.1. The summed E-state index contributed by atoms with van der Waals surface area (Å²) >= 11 is 0. The third-order valence-electron chi connectivity index (χ3n) is 5.33. The van der Waals surface area contributed by atoms with Gasteiger partial charge in [0.05, 0.1) is 0 Å². The molecule has 178 valence electrons. The Kier molecular flexibility index (Phi) is 7.25. The summed E-state index contributed by atoms with van der Waals surface area (Å²) in [5.74, 6) is -2.28. The van der Waals surface area contributed by atoms with Crippen LogP contribution in [0.15, 0.2) is 30.5 Å². The molecular weight excluding hydrogens is 428 g/mol. The number of H-pyrrole nitrogens is 1. The molecule has 33 heavy (non-hydrogen) atoms. The van der Waals surface area contributed by atoms with Crippen LogP contribution < -0.4 is 10.6 Å². The van der Waals surface area contributed by atoms with Crippen LogP contribution in [0.25, 0.3) is 10.9 Å². The van der Waals surface area contributed by atoms with Gasteiger partial charge in [0.1, 0.15) is 24.2 Å². The number of hydrogen-bond acceptors (Lipinski definition) is 5. The predicted molar refractivity (Wildman–Crippen MR) is 121 cm³/mol. The average molecular weight is 459 g/mol. The molecule has 1 aliphatic rings. The number of fused-ring (bicyclic) bond motifs is 1. The molecule has 2 aromatic rings. The summed E-state index contributed by atoms with van der Waals surface area (Å²) in [4.78, 5) is 53.8. The molecule has 1 fully saturated rings. The van der Waals surface area contributed by atoms with Crippen molar-refractivity contribution in [3.8, 4) is 0 Å². The van der Waals surface area contributed by atoms with E-state index in [-0.39, 0.29) is 6.42 Å². The minimum atomic E-state index is -1.19. The molecule has 0 saturated carbocycles. The summed E-state index contributed by atoms with van der Waals surface area (Å²) in [5.41, 5.74) is 0.988. The molecule has 3 amide bonds. The number of likely N-dealkylation sites (tertiary alicyclic amines) is 1. The first-order chi connectivity index (χ1) is 15.5. The quantitative estimate of drug-likeness (QED) is 0.499. The number of carboxylic acid groups (broad SMARTS) is 1. The van der Waals surface area contributed by atoms with Gasteiger partial charge < -0.3 is 25.5 Å². The molecule has 1 aromatic heterocycles. The number of amides is 3. The monoisotopic (exact) mass is 458 g/mol. The molecule has 2 heterocycles. The molecule has 10 heteroatoms. The summed E-state index contributed by atoms with van der Waals surface area (Å²) in [5, 5.41) is 14.9. The minimum Gasteiger partial charge on any atom is -0.480 e. The fourth-order valence-electron chi connectivity index (χ4n) is 3.86. The zero-order valence-electron chi connectivity index (χ0n) is 19.0. The molecule has 10 nitrogen and oxygen atoms in total. The van der Waals surface area contributed by atoms with Gasteiger partial charge in [-0.2, -0.15) is 0 Å². The molecule has 3 rings (SSSR count). The average Bonchev–Trinajstić information content (AvgIpc) is 3.38. The van der Waals surface area contributed by atoms with E-state index in [2.05, 4.69) is 15.6 Å². The van der Waals surface area contributed by atoms with Crippen molar-refractivity contribution in [2.45, 2.75) is 57.7 Å². The Labute approximate surface area is 191 Å². The van der Waals surface area contributed by atoms with Crippen LogP contribution in [-0.2, 0) is 25.5 Å². The van der Waals surface area contributed by atoms with Gasteiger partial charge in [0, 0.05) is 30.1 Å². The summed E-state index contributed by atoms with van der Waals surface area (Å²) in [6, 6.07) is 5.77. The Morgan fingerprint density at radius 2 is 1.97 bits per heavy atom. The highest BCUT2D eigenvalue weighted by atomic mass is 16.6.